The number of nitrogens with one attached hydrogen (secondary N) is 1. The van der Waals surface area contributed by atoms with Crippen molar-refractivity contribution in [1.29, 1.82) is 0 Å². The first-order chi connectivity index (χ1) is 13.3. The van der Waals surface area contributed by atoms with E-state index in [9.17, 15) is 12.8 Å². The summed E-state index contributed by atoms with van der Waals surface area (Å²) in [6, 6.07) is 4.82. The summed E-state index contributed by atoms with van der Waals surface area (Å²) >= 11 is 0. The minimum Gasteiger partial charge on any atom is -0.384 e. The Hall–Kier alpha value is -2.72. The van der Waals surface area contributed by atoms with E-state index >= 15 is 0 Å². The van der Waals surface area contributed by atoms with E-state index in [-0.39, 0.29) is 27.2 Å². The van der Waals surface area contributed by atoms with Crippen LogP contribution in [0.2, 0.25) is 0 Å². The number of rotatable bonds is 3. The number of aromatic amines is 1. The van der Waals surface area contributed by atoms with Crippen molar-refractivity contribution in [2.75, 3.05) is 30.3 Å². The third-order valence-corrected chi connectivity index (χ3v) is 6.46. The molecule has 1 saturated heterocycles. The lowest BCUT2D eigenvalue weighted by Gasteiger charge is -2.32. The Labute approximate surface area is 161 Å². The maximum atomic E-state index is 13.6. The second-order valence-electron chi connectivity index (χ2n) is 6.77. The van der Waals surface area contributed by atoms with Crippen LogP contribution in [0.3, 0.4) is 0 Å². The number of aryl methyl sites for hydroxylation is 1. The lowest BCUT2D eigenvalue weighted by Crippen LogP contribution is -2.41. The SMILES string of the molecule is Cc1nc(N2CCOC(C)C2)c2[nH]c(N)c(S(=O)(=O)c3cccc(F)c3)c2n1. The second kappa shape index (κ2) is 6.71. The van der Waals surface area contributed by atoms with Gasteiger partial charge in [-0.1, -0.05) is 6.07 Å². The lowest BCUT2D eigenvalue weighted by atomic mass is 10.3. The van der Waals surface area contributed by atoms with Crippen LogP contribution in [0, 0.1) is 12.7 Å². The van der Waals surface area contributed by atoms with Gasteiger partial charge >= 0.3 is 0 Å². The monoisotopic (exact) mass is 405 g/mol. The molecule has 1 aliphatic heterocycles. The highest BCUT2D eigenvalue weighted by atomic mass is 32.2. The molecular weight excluding hydrogens is 385 g/mol. The fourth-order valence-electron chi connectivity index (χ4n) is 3.42. The summed E-state index contributed by atoms with van der Waals surface area (Å²) in [5.74, 6) is 0.288. The van der Waals surface area contributed by atoms with Gasteiger partial charge in [-0.05, 0) is 32.0 Å². The number of hydrogen-bond acceptors (Lipinski definition) is 7. The molecule has 1 aromatic carbocycles. The van der Waals surface area contributed by atoms with Crippen LogP contribution >= 0.6 is 0 Å². The molecule has 0 spiro atoms. The number of aromatic nitrogens is 3. The average molecular weight is 405 g/mol. The van der Waals surface area contributed by atoms with Gasteiger partial charge in [-0.25, -0.2) is 22.8 Å². The van der Waals surface area contributed by atoms with E-state index in [4.69, 9.17) is 10.5 Å². The van der Waals surface area contributed by atoms with Crippen LogP contribution in [0.25, 0.3) is 11.0 Å². The molecule has 8 nitrogen and oxygen atoms in total. The largest absolute Gasteiger partial charge is 0.384 e. The van der Waals surface area contributed by atoms with Crippen molar-refractivity contribution >= 4 is 32.5 Å². The second-order valence-corrected chi connectivity index (χ2v) is 8.66. The van der Waals surface area contributed by atoms with E-state index in [0.29, 0.717) is 36.9 Å². The van der Waals surface area contributed by atoms with E-state index in [1.165, 1.54) is 18.2 Å². The number of hydrogen-bond donors (Lipinski definition) is 2. The molecule has 3 heterocycles. The van der Waals surface area contributed by atoms with Crippen LogP contribution in [0.1, 0.15) is 12.7 Å². The molecule has 1 unspecified atom stereocenters. The fraction of sp³-hybridized carbons (Fsp3) is 0.333. The van der Waals surface area contributed by atoms with Crippen LogP contribution in [0.5, 0.6) is 0 Å². The van der Waals surface area contributed by atoms with Crippen LogP contribution in [0.15, 0.2) is 34.1 Å². The predicted molar refractivity (Wildman–Crippen MR) is 103 cm³/mol. The average Bonchev–Trinajstić information content (AvgIpc) is 2.97. The number of anilines is 2. The maximum absolute atomic E-state index is 13.6. The molecule has 0 amide bonds. The van der Waals surface area contributed by atoms with Gasteiger partial charge in [0.25, 0.3) is 0 Å². The van der Waals surface area contributed by atoms with Gasteiger partial charge in [0.2, 0.25) is 9.84 Å². The number of halogens is 1. The third-order valence-electron chi connectivity index (χ3n) is 4.64. The van der Waals surface area contributed by atoms with E-state index in [2.05, 4.69) is 15.0 Å². The predicted octanol–water partition coefficient (Wildman–Crippen LogP) is 2.05. The molecule has 1 fully saturated rings. The molecule has 148 valence electrons. The molecule has 0 aliphatic carbocycles. The number of nitrogens with zero attached hydrogens (tertiary/aromatic N) is 3. The summed E-state index contributed by atoms with van der Waals surface area (Å²) < 4.78 is 45.5. The minimum atomic E-state index is -4.08. The number of sulfone groups is 1. The van der Waals surface area contributed by atoms with Crippen molar-refractivity contribution in [1.82, 2.24) is 15.0 Å². The molecule has 3 aromatic rings. The summed E-state index contributed by atoms with van der Waals surface area (Å²) in [7, 11) is -4.08. The molecule has 0 saturated carbocycles. The highest BCUT2D eigenvalue weighted by Gasteiger charge is 2.30. The molecule has 2 aromatic heterocycles. The standard InChI is InChI=1S/C18H20FN5O3S/c1-10-9-24(6-7-27-10)18-15-14(21-11(2)22-18)16(17(20)23-15)28(25,26)13-5-3-4-12(19)8-13/h3-5,8,10,23H,6-7,9,20H2,1-2H3. The first-order valence-corrected chi connectivity index (χ1v) is 10.3. The van der Waals surface area contributed by atoms with Crippen LogP contribution < -0.4 is 10.6 Å². The zero-order valence-electron chi connectivity index (χ0n) is 15.4. The number of nitrogens with two attached hydrogens (primary N) is 1. The Morgan fingerprint density at radius 3 is 2.86 bits per heavy atom. The molecule has 4 rings (SSSR count). The Morgan fingerprint density at radius 1 is 1.36 bits per heavy atom. The summed E-state index contributed by atoms with van der Waals surface area (Å²) in [6.45, 7) is 5.41. The number of benzene rings is 1. The molecule has 1 aliphatic rings. The van der Waals surface area contributed by atoms with Crippen molar-refractivity contribution < 1.29 is 17.5 Å². The fourth-order valence-corrected chi connectivity index (χ4v) is 4.92. The van der Waals surface area contributed by atoms with Gasteiger partial charge < -0.3 is 20.4 Å². The summed E-state index contributed by atoms with van der Waals surface area (Å²) in [5.41, 5.74) is 6.69. The number of fused-ring (bicyclic) bond motifs is 1. The highest BCUT2D eigenvalue weighted by molar-refractivity contribution is 7.92. The lowest BCUT2D eigenvalue weighted by molar-refractivity contribution is 0.0530. The maximum Gasteiger partial charge on any atom is 0.212 e. The van der Waals surface area contributed by atoms with Gasteiger partial charge in [-0.15, -0.1) is 0 Å². The Bertz CT molecular complexity index is 1160. The number of H-pyrrole nitrogens is 1. The van der Waals surface area contributed by atoms with Crippen LogP contribution in [0.4, 0.5) is 16.0 Å². The van der Waals surface area contributed by atoms with Gasteiger partial charge in [0.15, 0.2) is 5.82 Å². The van der Waals surface area contributed by atoms with Crippen LogP contribution in [-0.4, -0.2) is 49.2 Å². The number of nitrogen functional groups attached to an aromatic ring is 1. The molecule has 3 N–H and O–H groups in total. The van der Waals surface area contributed by atoms with Crippen molar-refractivity contribution in [3.05, 3.63) is 35.9 Å². The summed E-state index contributed by atoms with van der Waals surface area (Å²) in [5, 5.41) is 0. The zero-order valence-corrected chi connectivity index (χ0v) is 16.3. The first-order valence-electron chi connectivity index (χ1n) is 8.80. The van der Waals surface area contributed by atoms with E-state index < -0.39 is 15.7 Å². The third kappa shape index (κ3) is 3.08. The topological polar surface area (TPSA) is 114 Å². The van der Waals surface area contributed by atoms with Gasteiger partial charge in [-0.3, -0.25) is 0 Å². The highest BCUT2D eigenvalue weighted by Crippen LogP contribution is 2.36. The van der Waals surface area contributed by atoms with Crippen molar-refractivity contribution in [3.8, 4) is 0 Å². The van der Waals surface area contributed by atoms with Crippen molar-refractivity contribution in [2.45, 2.75) is 29.7 Å². The Kier molecular flexibility index (Phi) is 4.47. The minimum absolute atomic E-state index is 0.0156. The normalized spacial score (nSPS) is 18.0. The molecule has 0 bridgehead atoms. The van der Waals surface area contributed by atoms with Gasteiger partial charge in [0.05, 0.1) is 17.6 Å². The Balaban J connectivity index is 1.93. The number of morpholine rings is 1. The molecule has 0 radical (unpaired) electrons. The molecule has 1 atom stereocenters. The van der Waals surface area contributed by atoms with E-state index in [0.717, 1.165) is 6.07 Å². The van der Waals surface area contributed by atoms with Gasteiger partial charge in [0, 0.05) is 13.1 Å². The van der Waals surface area contributed by atoms with Gasteiger partial charge in [-0.2, -0.15) is 0 Å². The van der Waals surface area contributed by atoms with E-state index in [1.807, 2.05) is 11.8 Å². The molecular formula is C18H20FN5O3S. The number of ether oxygens (including phenoxy) is 1. The summed E-state index contributed by atoms with van der Waals surface area (Å²) in [4.78, 5) is 13.4. The Morgan fingerprint density at radius 2 is 2.14 bits per heavy atom. The zero-order chi connectivity index (χ0) is 20.1. The quantitative estimate of drug-likeness (QED) is 0.685. The van der Waals surface area contributed by atoms with E-state index in [1.54, 1.807) is 6.92 Å². The van der Waals surface area contributed by atoms with Gasteiger partial charge in [0.1, 0.15) is 33.4 Å². The summed E-state index contributed by atoms with van der Waals surface area (Å²) in [6.07, 6.45) is 0.0156. The molecule has 10 heteroatoms. The smallest absolute Gasteiger partial charge is 0.212 e. The first kappa shape index (κ1) is 18.6. The van der Waals surface area contributed by atoms with Crippen LogP contribution in [-0.2, 0) is 14.6 Å². The van der Waals surface area contributed by atoms with Crippen molar-refractivity contribution in [3.63, 3.8) is 0 Å². The van der Waals surface area contributed by atoms with Crippen molar-refractivity contribution in [2.24, 2.45) is 0 Å². The molecule has 28 heavy (non-hydrogen) atoms.